The summed E-state index contributed by atoms with van der Waals surface area (Å²) in [5.41, 5.74) is -1.32. The van der Waals surface area contributed by atoms with Gasteiger partial charge in [-0.1, -0.05) is 30.3 Å². The van der Waals surface area contributed by atoms with Crippen LogP contribution in [0, 0.1) is 11.6 Å². The number of fused-ring (bicyclic) bond motifs is 1. The van der Waals surface area contributed by atoms with E-state index in [1.165, 1.54) is 12.1 Å². The molecule has 176 valence electrons. The molecule has 0 spiro atoms. The number of benzene rings is 2. The zero-order chi connectivity index (χ0) is 24.4. The number of cyclic esters (lactones) is 1. The summed E-state index contributed by atoms with van der Waals surface area (Å²) < 4.78 is 59.1. The van der Waals surface area contributed by atoms with Gasteiger partial charge in [0.15, 0.2) is 11.6 Å². The van der Waals surface area contributed by atoms with Crippen LogP contribution in [0.15, 0.2) is 59.4 Å². The quantitative estimate of drug-likeness (QED) is 0.528. The molecule has 2 N–H and O–H groups in total. The molecule has 3 aromatic rings. The number of anilines is 3. The van der Waals surface area contributed by atoms with Gasteiger partial charge in [0.1, 0.15) is 11.8 Å². The van der Waals surface area contributed by atoms with Crippen LogP contribution in [0.3, 0.4) is 0 Å². The van der Waals surface area contributed by atoms with E-state index in [4.69, 9.17) is 4.74 Å². The van der Waals surface area contributed by atoms with Crippen molar-refractivity contribution in [2.75, 3.05) is 23.3 Å². The molecule has 0 aliphatic carbocycles. The molecule has 1 atom stereocenters. The van der Waals surface area contributed by atoms with Crippen molar-refractivity contribution in [3.05, 3.63) is 76.5 Å². The number of halogens is 4. The summed E-state index contributed by atoms with van der Waals surface area (Å²) in [6, 6.07) is 13.2. The first-order chi connectivity index (χ1) is 16.2. The number of rotatable bonds is 6. The zero-order valence-corrected chi connectivity index (χ0v) is 17.4. The van der Waals surface area contributed by atoms with Crippen molar-refractivity contribution in [1.82, 2.24) is 5.32 Å². The molecule has 0 unspecified atom stereocenters. The highest BCUT2D eigenvalue weighted by Gasteiger charge is 2.34. The summed E-state index contributed by atoms with van der Waals surface area (Å²) in [7, 11) is 0. The van der Waals surface area contributed by atoms with Crippen molar-refractivity contribution in [1.29, 1.82) is 0 Å². The van der Waals surface area contributed by atoms with E-state index in [9.17, 15) is 31.9 Å². The topological polar surface area (TPSA) is 87.7 Å². The second-order valence-electron chi connectivity index (χ2n) is 7.46. The molecule has 1 heterocycles. The largest absolute Gasteiger partial charge is 0.442 e. The number of nitrogens with zero attached hydrogens (tertiary/aromatic N) is 1. The molecule has 11 heteroatoms. The summed E-state index contributed by atoms with van der Waals surface area (Å²) >= 11 is 0. The van der Waals surface area contributed by atoms with Crippen molar-refractivity contribution in [2.24, 2.45) is 0 Å². The van der Waals surface area contributed by atoms with Gasteiger partial charge < -0.3 is 15.4 Å². The molecule has 0 bridgehead atoms. The molecule has 1 fully saturated rings. The number of alkyl halides is 2. The SMILES string of the molecule is O=C(NC[C@H]1CN(c2cc(F)c(Nc3ccc4ccccc4cc3=O)c(F)c2)C(=O)O1)C(F)F. The van der Waals surface area contributed by atoms with Crippen LogP contribution in [0.5, 0.6) is 0 Å². The van der Waals surface area contributed by atoms with E-state index in [-0.39, 0.29) is 24.5 Å². The van der Waals surface area contributed by atoms with Gasteiger partial charge in [-0.2, -0.15) is 8.78 Å². The van der Waals surface area contributed by atoms with Crippen LogP contribution in [0.2, 0.25) is 0 Å². The van der Waals surface area contributed by atoms with Gasteiger partial charge in [0, 0.05) is 12.1 Å². The molecule has 4 rings (SSSR count). The lowest BCUT2D eigenvalue weighted by atomic mass is 10.2. The van der Waals surface area contributed by atoms with Gasteiger partial charge in [-0.05, 0) is 22.9 Å². The van der Waals surface area contributed by atoms with E-state index >= 15 is 0 Å². The van der Waals surface area contributed by atoms with Crippen LogP contribution in [0.1, 0.15) is 0 Å². The number of hydrogen-bond acceptors (Lipinski definition) is 5. The Morgan fingerprint density at radius 1 is 1.03 bits per heavy atom. The third kappa shape index (κ3) is 4.77. The fourth-order valence-electron chi connectivity index (χ4n) is 3.47. The van der Waals surface area contributed by atoms with Crippen molar-refractivity contribution in [2.45, 2.75) is 12.5 Å². The Morgan fingerprint density at radius 3 is 2.38 bits per heavy atom. The normalized spacial score (nSPS) is 15.5. The Morgan fingerprint density at radius 2 is 1.71 bits per heavy atom. The Labute approximate surface area is 189 Å². The molecule has 7 nitrogen and oxygen atoms in total. The maximum Gasteiger partial charge on any atom is 0.414 e. The van der Waals surface area contributed by atoms with E-state index in [0.29, 0.717) is 5.39 Å². The maximum absolute atomic E-state index is 14.8. The number of hydrogen-bond donors (Lipinski definition) is 2. The monoisotopic (exact) mass is 475 g/mol. The number of carbonyl (C=O) groups excluding carboxylic acids is 2. The van der Waals surface area contributed by atoms with Crippen LogP contribution >= 0.6 is 0 Å². The van der Waals surface area contributed by atoms with E-state index in [1.54, 1.807) is 30.3 Å². The third-order valence-electron chi connectivity index (χ3n) is 5.15. The fraction of sp³-hybridized carbons (Fsp3) is 0.174. The lowest BCUT2D eigenvalue weighted by molar-refractivity contribution is -0.132. The van der Waals surface area contributed by atoms with Gasteiger partial charge in [-0.15, -0.1) is 0 Å². The molecule has 0 radical (unpaired) electrons. The van der Waals surface area contributed by atoms with Crippen molar-refractivity contribution < 1.29 is 31.9 Å². The second-order valence-corrected chi connectivity index (χ2v) is 7.46. The second kappa shape index (κ2) is 9.38. The van der Waals surface area contributed by atoms with Crippen molar-refractivity contribution >= 4 is 39.8 Å². The summed E-state index contributed by atoms with van der Waals surface area (Å²) in [4.78, 5) is 36.5. The van der Waals surface area contributed by atoms with Crippen LogP contribution in [-0.4, -0.2) is 37.6 Å². The molecule has 1 aliphatic heterocycles. The summed E-state index contributed by atoms with van der Waals surface area (Å²) in [6.07, 6.45) is -5.17. The average Bonchev–Trinajstić information content (AvgIpc) is 3.09. The highest BCUT2D eigenvalue weighted by atomic mass is 19.3. The van der Waals surface area contributed by atoms with Crippen LogP contribution in [-0.2, 0) is 9.53 Å². The minimum atomic E-state index is -3.23. The predicted molar refractivity (Wildman–Crippen MR) is 116 cm³/mol. The van der Waals surface area contributed by atoms with Crippen LogP contribution < -0.4 is 21.0 Å². The van der Waals surface area contributed by atoms with Gasteiger partial charge in [0.2, 0.25) is 5.43 Å². The summed E-state index contributed by atoms with van der Waals surface area (Å²) in [5, 5.41) is 5.80. The highest BCUT2D eigenvalue weighted by Crippen LogP contribution is 2.30. The number of ether oxygens (including phenoxy) is 1. The van der Waals surface area contributed by atoms with Crippen LogP contribution in [0.25, 0.3) is 10.8 Å². The Kier molecular flexibility index (Phi) is 6.35. The molecule has 34 heavy (non-hydrogen) atoms. The molecule has 3 aromatic carbocycles. The molecular weight excluding hydrogens is 458 g/mol. The summed E-state index contributed by atoms with van der Waals surface area (Å²) in [6.45, 7) is -0.610. The van der Waals surface area contributed by atoms with Gasteiger partial charge in [0.25, 0.3) is 5.91 Å². The van der Waals surface area contributed by atoms with E-state index in [0.717, 1.165) is 22.4 Å². The summed E-state index contributed by atoms with van der Waals surface area (Å²) in [5.74, 6) is -3.68. The fourth-order valence-corrected chi connectivity index (χ4v) is 3.47. The Hall–Kier alpha value is -4.15. The number of nitrogens with one attached hydrogen (secondary N) is 2. The molecular formula is C23H17F4N3O4. The van der Waals surface area contributed by atoms with E-state index in [2.05, 4.69) is 5.32 Å². The first-order valence-corrected chi connectivity index (χ1v) is 10.1. The van der Waals surface area contributed by atoms with Gasteiger partial charge in [-0.3, -0.25) is 14.5 Å². The Bertz CT molecular complexity index is 1310. The first kappa shape index (κ1) is 23.0. The van der Waals surface area contributed by atoms with E-state index < -0.39 is 47.3 Å². The first-order valence-electron chi connectivity index (χ1n) is 10.1. The molecule has 1 aliphatic rings. The molecule has 2 amide bonds. The standard InChI is InChI=1S/C23H17F4N3O4/c24-16-8-14(30-11-15(34-23(30)33)10-28-22(32)21(26)27)9-17(25)20(16)29-18-6-5-12-3-1-2-4-13(12)7-19(18)31/h1-9,15,21H,10-11H2,(H,28,32)(H,29,31)/t15-/m0/s1. The lowest BCUT2D eigenvalue weighted by Crippen LogP contribution is -2.37. The maximum atomic E-state index is 14.8. The molecule has 0 saturated carbocycles. The van der Waals surface area contributed by atoms with Gasteiger partial charge >= 0.3 is 12.5 Å². The molecule has 0 aromatic heterocycles. The lowest BCUT2D eigenvalue weighted by Gasteiger charge is -2.16. The zero-order valence-electron chi connectivity index (χ0n) is 17.4. The van der Waals surface area contributed by atoms with E-state index in [1.807, 2.05) is 5.32 Å². The average molecular weight is 475 g/mol. The Balaban J connectivity index is 1.54. The smallest absolute Gasteiger partial charge is 0.414 e. The molecule has 1 saturated heterocycles. The predicted octanol–water partition coefficient (Wildman–Crippen LogP) is 3.93. The van der Waals surface area contributed by atoms with Gasteiger partial charge in [-0.25, -0.2) is 13.6 Å². The van der Waals surface area contributed by atoms with Crippen LogP contribution in [0.4, 0.5) is 39.4 Å². The minimum absolute atomic E-state index is 0.0582. The number of amides is 2. The third-order valence-corrected chi connectivity index (χ3v) is 5.15. The number of carbonyl (C=O) groups is 2. The van der Waals surface area contributed by atoms with Crippen molar-refractivity contribution in [3.8, 4) is 0 Å². The van der Waals surface area contributed by atoms with Gasteiger partial charge in [0.05, 0.1) is 24.5 Å². The minimum Gasteiger partial charge on any atom is -0.442 e. The van der Waals surface area contributed by atoms with Crippen molar-refractivity contribution in [3.63, 3.8) is 0 Å². The highest BCUT2D eigenvalue weighted by molar-refractivity contribution is 5.90.